The largest absolute Gasteiger partial charge is 0.331 e. The van der Waals surface area contributed by atoms with Crippen LogP contribution < -0.4 is 5.32 Å². The second-order valence-corrected chi connectivity index (χ2v) is 6.22. The van der Waals surface area contributed by atoms with E-state index in [1.54, 1.807) is 0 Å². The Bertz CT molecular complexity index is 416. The minimum absolute atomic E-state index is 0.0646. The molecule has 0 spiro atoms. The number of hydrogen-bond donors (Lipinski definition) is 1. The lowest BCUT2D eigenvalue weighted by Gasteiger charge is -2.40. The van der Waals surface area contributed by atoms with Crippen LogP contribution in [0.5, 0.6) is 0 Å². The minimum Gasteiger partial charge on any atom is -0.277 e. The molecule has 1 heterocycles. The van der Waals surface area contributed by atoms with Crippen LogP contribution in [0.1, 0.15) is 65.2 Å². The number of barbiturate groups is 1. The number of carbonyl (C=O) groups excluding carboxylic acids is 3. The van der Waals surface area contributed by atoms with Gasteiger partial charge in [-0.25, -0.2) is 4.79 Å². The van der Waals surface area contributed by atoms with E-state index in [1.165, 1.54) is 24.2 Å². The summed E-state index contributed by atoms with van der Waals surface area (Å²) in [6.07, 6.45) is 7.75. The smallest absolute Gasteiger partial charge is 0.277 e. The van der Waals surface area contributed by atoms with Gasteiger partial charge in [-0.2, -0.15) is 0 Å². The Labute approximate surface area is 126 Å². The summed E-state index contributed by atoms with van der Waals surface area (Å²) >= 11 is 0. The third-order valence-corrected chi connectivity index (χ3v) is 4.82. The zero-order chi connectivity index (χ0) is 15.4. The quantitative estimate of drug-likeness (QED) is 0.793. The van der Waals surface area contributed by atoms with Crippen LogP contribution in [0.2, 0.25) is 0 Å². The van der Waals surface area contributed by atoms with Crippen molar-refractivity contribution in [1.29, 1.82) is 0 Å². The van der Waals surface area contributed by atoms with E-state index in [0.717, 1.165) is 25.7 Å². The van der Waals surface area contributed by atoms with Crippen molar-refractivity contribution in [3.8, 4) is 0 Å². The fourth-order valence-corrected chi connectivity index (χ4v) is 3.74. The molecule has 0 aromatic carbocycles. The van der Waals surface area contributed by atoms with Gasteiger partial charge in [-0.15, -0.1) is 0 Å². The zero-order valence-electron chi connectivity index (χ0n) is 13.1. The Morgan fingerprint density at radius 1 is 1.14 bits per heavy atom. The number of imide groups is 2. The monoisotopic (exact) mass is 294 g/mol. The van der Waals surface area contributed by atoms with Gasteiger partial charge >= 0.3 is 6.03 Å². The van der Waals surface area contributed by atoms with Crippen molar-refractivity contribution in [2.24, 2.45) is 11.8 Å². The van der Waals surface area contributed by atoms with Crippen LogP contribution in [-0.4, -0.2) is 28.8 Å². The van der Waals surface area contributed by atoms with Crippen LogP contribution >= 0.6 is 0 Å². The van der Waals surface area contributed by atoms with Gasteiger partial charge < -0.3 is 0 Å². The summed E-state index contributed by atoms with van der Waals surface area (Å²) in [5.41, 5.74) is 0. The van der Waals surface area contributed by atoms with E-state index < -0.39 is 17.9 Å². The van der Waals surface area contributed by atoms with Crippen molar-refractivity contribution in [2.45, 2.75) is 71.3 Å². The van der Waals surface area contributed by atoms with Gasteiger partial charge in [0, 0.05) is 6.04 Å². The first-order chi connectivity index (χ1) is 10.1. The molecule has 4 amide bonds. The van der Waals surface area contributed by atoms with E-state index in [-0.39, 0.29) is 11.9 Å². The number of hydrogen-bond acceptors (Lipinski definition) is 3. The second-order valence-electron chi connectivity index (χ2n) is 6.22. The maximum Gasteiger partial charge on any atom is 0.331 e. The molecule has 0 bridgehead atoms. The maximum absolute atomic E-state index is 12.6. The molecule has 118 valence electrons. The molecule has 1 aliphatic carbocycles. The highest BCUT2D eigenvalue weighted by molar-refractivity contribution is 6.16. The van der Waals surface area contributed by atoms with E-state index in [4.69, 9.17) is 0 Å². The number of carbonyl (C=O) groups is 3. The van der Waals surface area contributed by atoms with Crippen molar-refractivity contribution in [3.63, 3.8) is 0 Å². The standard InChI is InChI=1S/C16H26N2O3/c1-3-8-12-14(19)17-16(21)18(15(12)20)13(4-2)11-9-6-5-7-10-11/h11-13H,3-10H2,1-2H3,(H,17,19,21). The molecule has 2 fully saturated rings. The minimum atomic E-state index is -0.689. The lowest BCUT2D eigenvalue weighted by atomic mass is 9.81. The number of nitrogens with one attached hydrogen (secondary N) is 1. The Morgan fingerprint density at radius 2 is 1.81 bits per heavy atom. The van der Waals surface area contributed by atoms with Crippen molar-refractivity contribution in [1.82, 2.24) is 10.2 Å². The lowest BCUT2D eigenvalue weighted by Crippen LogP contribution is -2.62. The summed E-state index contributed by atoms with van der Waals surface area (Å²) in [7, 11) is 0. The third kappa shape index (κ3) is 3.27. The van der Waals surface area contributed by atoms with Crippen molar-refractivity contribution in [3.05, 3.63) is 0 Å². The molecule has 1 saturated carbocycles. The number of rotatable bonds is 5. The highest BCUT2D eigenvalue weighted by Gasteiger charge is 2.44. The molecule has 1 N–H and O–H groups in total. The summed E-state index contributed by atoms with van der Waals surface area (Å²) in [5, 5.41) is 2.38. The number of urea groups is 1. The van der Waals surface area contributed by atoms with Gasteiger partial charge in [-0.1, -0.05) is 39.5 Å². The van der Waals surface area contributed by atoms with E-state index >= 15 is 0 Å². The normalized spacial score (nSPS) is 25.9. The number of amides is 4. The average molecular weight is 294 g/mol. The fraction of sp³-hybridized carbons (Fsp3) is 0.812. The molecule has 21 heavy (non-hydrogen) atoms. The SMILES string of the molecule is CCCC1C(=O)NC(=O)N(C(CC)C2CCCCC2)C1=O. The molecule has 5 heteroatoms. The summed E-state index contributed by atoms with van der Waals surface area (Å²) in [6.45, 7) is 3.96. The molecular weight excluding hydrogens is 268 g/mol. The second kappa shape index (κ2) is 7.05. The highest BCUT2D eigenvalue weighted by Crippen LogP contribution is 2.32. The molecule has 0 aromatic heterocycles. The van der Waals surface area contributed by atoms with E-state index in [9.17, 15) is 14.4 Å². The van der Waals surface area contributed by atoms with Crippen molar-refractivity contribution in [2.75, 3.05) is 0 Å². The van der Waals surface area contributed by atoms with Gasteiger partial charge in [0.1, 0.15) is 5.92 Å². The molecule has 0 aromatic rings. The van der Waals surface area contributed by atoms with Crippen LogP contribution in [-0.2, 0) is 9.59 Å². The Morgan fingerprint density at radius 3 is 2.38 bits per heavy atom. The van der Waals surface area contributed by atoms with Crippen LogP contribution in [0.25, 0.3) is 0 Å². The maximum atomic E-state index is 12.6. The van der Waals surface area contributed by atoms with Gasteiger partial charge in [0.2, 0.25) is 11.8 Å². The van der Waals surface area contributed by atoms with Gasteiger partial charge in [-0.05, 0) is 31.6 Å². The van der Waals surface area contributed by atoms with Crippen molar-refractivity contribution >= 4 is 17.8 Å². The summed E-state index contributed by atoms with van der Waals surface area (Å²) in [6, 6.07) is -0.583. The van der Waals surface area contributed by atoms with Gasteiger partial charge in [-0.3, -0.25) is 19.8 Å². The number of nitrogens with zero attached hydrogens (tertiary/aromatic N) is 1. The average Bonchev–Trinajstić information content (AvgIpc) is 2.48. The topological polar surface area (TPSA) is 66.5 Å². The van der Waals surface area contributed by atoms with Crippen LogP contribution in [0.4, 0.5) is 4.79 Å². The molecule has 2 atom stereocenters. The zero-order valence-corrected chi connectivity index (χ0v) is 13.1. The van der Waals surface area contributed by atoms with E-state index in [0.29, 0.717) is 12.3 Å². The summed E-state index contributed by atoms with van der Waals surface area (Å²) in [5.74, 6) is -1.02. The van der Waals surface area contributed by atoms with Crippen molar-refractivity contribution < 1.29 is 14.4 Å². The molecule has 2 unspecified atom stereocenters. The van der Waals surface area contributed by atoms with Gasteiger partial charge in [0.05, 0.1) is 0 Å². The van der Waals surface area contributed by atoms with Gasteiger partial charge in [0.15, 0.2) is 0 Å². The molecule has 5 nitrogen and oxygen atoms in total. The Hall–Kier alpha value is -1.39. The Kier molecular flexibility index (Phi) is 5.37. The molecular formula is C16H26N2O3. The molecule has 2 rings (SSSR count). The molecule has 1 aliphatic heterocycles. The summed E-state index contributed by atoms with van der Waals surface area (Å²) < 4.78 is 0. The fourth-order valence-electron chi connectivity index (χ4n) is 3.74. The Balaban J connectivity index is 2.19. The predicted octanol–water partition coefficient (Wildman–Crippen LogP) is 2.84. The highest BCUT2D eigenvalue weighted by atomic mass is 16.2. The van der Waals surface area contributed by atoms with Crippen LogP contribution in [0, 0.1) is 11.8 Å². The van der Waals surface area contributed by atoms with Crippen LogP contribution in [0.15, 0.2) is 0 Å². The predicted molar refractivity (Wildman–Crippen MR) is 79.4 cm³/mol. The third-order valence-electron chi connectivity index (χ3n) is 4.82. The molecule has 2 aliphatic rings. The van der Waals surface area contributed by atoms with E-state index in [2.05, 4.69) is 5.32 Å². The first kappa shape index (κ1) is 16.0. The lowest BCUT2D eigenvalue weighted by molar-refractivity contribution is -0.145. The van der Waals surface area contributed by atoms with E-state index in [1.807, 2.05) is 13.8 Å². The first-order valence-electron chi connectivity index (χ1n) is 8.28. The van der Waals surface area contributed by atoms with Crippen LogP contribution in [0.3, 0.4) is 0 Å². The summed E-state index contributed by atoms with van der Waals surface area (Å²) in [4.78, 5) is 38.0. The van der Waals surface area contributed by atoms with Gasteiger partial charge in [0.25, 0.3) is 0 Å². The first-order valence-corrected chi connectivity index (χ1v) is 8.28. The molecule has 1 saturated heterocycles. The molecule has 0 radical (unpaired) electrons.